The highest BCUT2D eigenvalue weighted by Crippen LogP contribution is 2.31. The van der Waals surface area contributed by atoms with Crippen molar-refractivity contribution in [3.05, 3.63) is 54.2 Å². The first-order valence-corrected chi connectivity index (χ1v) is 8.05. The van der Waals surface area contributed by atoms with Crippen LogP contribution in [0.2, 0.25) is 0 Å². The SMILES string of the molecule is O=C1C[C@@H](C(=O)NCc2nc(-c3cnccn3)n[nH]2)c2ccccc2N1. The summed E-state index contributed by atoms with van der Waals surface area (Å²) < 4.78 is 0. The van der Waals surface area contributed by atoms with Crippen molar-refractivity contribution in [2.24, 2.45) is 0 Å². The first kappa shape index (κ1) is 15.9. The molecule has 1 aromatic carbocycles. The van der Waals surface area contributed by atoms with Crippen molar-refractivity contribution in [3.63, 3.8) is 0 Å². The molecule has 26 heavy (non-hydrogen) atoms. The topological polar surface area (TPSA) is 126 Å². The number of aromatic amines is 1. The Hall–Kier alpha value is -3.62. The summed E-state index contributed by atoms with van der Waals surface area (Å²) in [6.45, 7) is 0.173. The number of H-pyrrole nitrogens is 1. The molecule has 0 fully saturated rings. The Bertz CT molecular complexity index is 955. The first-order chi connectivity index (χ1) is 12.7. The van der Waals surface area contributed by atoms with Crippen molar-refractivity contribution in [2.45, 2.75) is 18.9 Å². The number of nitrogens with one attached hydrogen (secondary N) is 3. The van der Waals surface area contributed by atoms with E-state index in [-0.39, 0.29) is 24.8 Å². The van der Waals surface area contributed by atoms with E-state index in [0.717, 1.165) is 5.56 Å². The monoisotopic (exact) mass is 349 g/mol. The standard InChI is InChI=1S/C17H15N7O2/c25-15-7-11(10-3-1-2-4-12(10)21-15)17(26)20-9-14-22-16(24-23-14)13-8-18-5-6-19-13/h1-6,8,11H,7,9H2,(H,20,26)(H,21,25)(H,22,23,24)/t11-/m1/s1. The van der Waals surface area contributed by atoms with Crippen molar-refractivity contribution in [2.75, 3.05) is 5.32 Å². The predicted molar refractivity (Wildman–Crippen MR) is 91.7 cm³/mol. The van der Waals surface area contributed by atoms with Crippen molar-refractivity contribution in [1.29, 1.82) is 0 Å². The van der Waals surface area contributed by atoms with Gasteiger partial charge in [-0.1, -0.05) is 18.2 Å². The summed E-state index contributed by atoms with van der Waals surface area (Å²) in [6, 6.07) is 7.30. The second-order valence-electron chi connectivity index (χ2n) is 5.81. The largest absolute Gasteiger partial charge is 0.348 e. The van der Waals surface area contributed by atoms with Crippen LogP contribution in [0.5, 0.6) is 0 Å². The molecule has 1 atom stereocenters. The molecule has 3 N–H and O–H groups in total. The van der Waals surface area contributed by atoms with E-state index in [0.29, 0.717) is 23.0 Å². The molecule has 3 aromatic rings. The molecule has 0 saturated heterocycles. The fourth-order valence-electron chi connectivity index (χ4n) is 2.84. The first-order valence-electron chi connectivity index (χ1n) is 8.05. The Morgan fingerprint density at radius 1 is 1.27 bits per heavy atom. The van der Waals surface area contributed by atoms with Crippen LogP contribution in [0.1, 0.15) is 23.7 Å². The third-order valence-electron chi connectivity index (χ3n) is 4.07. The predicted octanol–water partition coefficient (Wildman–Crippen LogP) is 1.00. The van der Waals surface area contributed by atoms with Crippen LogP contribution in [-0.2, 0) is 16.1 Å². The number of carbonyl (C=O) groups excluding carboxylic acids is 2. The zero-order chi connectivity index (χ0) is 17.9. The molecule has 2 amide bonds. The maximum Gasteiger partial charge on any atom is 0.228 e. The van der Waals surface area contributed by atoms with Gasteiger partial charge >= 0.3 is 0 Å². The molecule has 0 aliphatic carbocycles. The number of para-hydroxylation sites is 1. The van der Waals surface area contributed by atoms with Crippen LogP contribution in [0.4, 0.5) is 5.69 Å². The minimum absolute atomic E-state index is 0.115. The molecule has 0 bridgehead atoms. The summed E-state index contributed by atoms with van der Waals surface area (Å²) in [5, 5.41) is 12.4. The zero-order valence-corrected chi connectivity index (χ0v) is 13.6. The normalized spacial score (nSPS) is 15.8. The van der Waals surface area contributed by atoms with E-state index in [1.165, 1.54) is 0 Å². The second kappa shape index (κ2) is 6.71. The van der Waals surface area contributed by atoms with E-state index in [1.54, 1.807) is 24.7 Å². The quantitative estimate of drug-likeness (QED) is 0.645. The smallest absolute Gasteiger partial charge is 0.228 e. The van der Waals surface area contributed by atoms with Gasteiger partial charge in [-0.15, -0.1) is 0 Å². The Kier molecular flexibility index (Phi) is 4.10. The highest BCUT2D eigenvalue weighted by atomic mass is 16.2. The molecule has 130 valence electrons. The molecule has 3 heterocycles. The minimum atomic E-state index is -0.526. The van der Waals surface area contributed by atoms with Gasteiger partial charge in [0.1, 0.15) is 11.5 Å². The van der Waals surface area contributed by atoms with E-state index >= 15 is 0 Å². The van der Waals surface area contributed by atoms with Crippen molar-refractivity contribution < 1.29 is 9.59 Å². The molecule has 1 aliphatic heterocycles. The summed E-state index contributed by atoms with van der Waals surface area (Å²) in [6.07, 6.45) is 4.79. The molecule has 1 aliphatic rings. The number of anilines is 1. The molecule has 0 spiro atoms. The molecule has 0 unspecified atom stereocenters. The van der Waals surface area contributed by atoms with Gasteiger partial charge in [-0.05, 0) is 11.6 Å². The molecular weight excluding hydrogens is 334 g/mol. The average molecular weight is 349 g/mol. The van der Waals surface area contributed by atoms with E-state index < -0.39 is 5.92 Å². The molecule has 9 heteroatoms. The van der Waals surface area contributed by atoms with Crippen LogP contribution < -0.4 is 10.6 Å². The van der Waals surface area contributed by atoms with Gasteiger partial charge in [-0.3, -0.25) is 19.7 Å². The number of aromatic nitrogens is 5. The van der Waals surface area contributed by atoms with Crippen molar-refractivity contribution in [3.8, 4) is 11.5 Å². The van der Waals surface area contributed by atoms with E-state index in [9.17, 15) is 9.59 Å². The Labute approximate surface area is 148 Å². The fourth-order valence-corrected chi connectivity index (χ4v) is 2.84. The van der Waals surface area contributed by atoms with Crippen LogP contribution in [0.25, 0.3) is 11.5 Å². The van der Waals surface area contributed by atoms with E-state index in [2.05, 4.69) is 35.8 Å². The number of hydrogen-bond acceptors (Lipinski definition) is 6. The van der Waals surface area contributed by atoms with Crippen LogP contribution in [0, 0.1) is 0 Å². The number of carbonyl (C=O) groups is 2. The number of fused-ring (bicyclic) bond motifs is 1. The minimum Gasteiger partial charge on any atom is -0.348 e. The molecule has 9 nitrogen and oxygen atoms in total. The van der Waals surface area contributed by atoms with Crippen molar-refractivity contribution >= 4 is 17.5 Å². The van der Waals surface area contributed by atoms with Crippen LogP contribution in [0.3, 0.4) is 0 Å². The van der Waals surface area contributed by atoms with Crippen molar-refractivity contribution in [1.82, 2.24) is 30.5 Å². The lowest BCUT2D eigenvalue weighted by molar-refractivity contribution is -0.126. The summed E-state index contributed by atoms with van der Waals surface area (Å²) in [7, 11) is 0. The fraction of sp³-hybridized carbons (Fsp3) is 0.176. The van der Waals surface area contributed by atoms with Gasteiger partial charge in [-0.2, -0.15) is 5.10 Å². The lowest BCUT2D eigenvalue weighted by Crippen LogP contribution is -2.34. The van der Waals surface area contributed by atoms with Gasteiger partial charge in [-0.25, -0.2) is 9.97 Å². The van der Waals surface area contributed by atoms with Crippen LogP contribution >= 0.6 is 0 Å². The van der Waals surface area contributed by atoms with Gasteiger partial charge in [0.05, 0.1) is 18.7 Å². The Morgan fingerprint density at radius 2 is 2.15 bits per heavy atom. The summed E-state index contributed by atoms with van der Waals surface area (Å²) in [5.41, 5.74) is 2.02. The van der Waals surface area contributed by atoms with Gasteiger partial charge < -0.3 is 10.6 Å². The van der Waals surface area contributed by atoms with Gasteiger partial charge in [0.2, 0.25) is 17.6 Å². The third-order valence-corrected chi connectivity index (χ3v) is 4.07. The van der Waals surface area contributed by atoms with E-state index in [4.69, 9.17) is 0 Å². The number of benzene rings is 1. The van der Waals surface area contributed by atoms with Gasteiger partial charge in [0, 0.05) is 24.5 Å². The Morgan fingerprint density at radius 3 is 3.00 bits per heavy atom. The Balaban J connectivity index is 1.45. The summed E-state index contributed by atoms with van der Waals surface area (Å²) in [4.78, 5) is 36.8. The molecule has 2 aromatic heterocycles. The molecule has 0 saturated carbocycles. The van der Waals surface area contributed by atoms with Gasteiger partial charge in [0.25, 0.3) is 0 Å². The van der Waals surface area contributed by atoms with E-state index in [1.807, 2.05) is 18.2 Å². The number of nitrogens with zero attached hydrogens (tertiary/aromatic N) is 4. The van der Waals surface area contributed by atoms with Crippen LogP contribution in [0.15, 0.2) is 42.9 Å². The summed E-state index contributed by atoms with van der Waals surface area (Å²) in [5.74, 6) is -0.0298. The molecule has 0 radical (unpaired) electrons. The number of amides is 2. The lowest BCUT2D eigenvalue weighted by Gasteiger charge is -2.24. The number of hydrogen-bond donors (Lipinski definition) is 3. The zero-order valence-electron chi connectivity index (χ0n) is 13.6. The highest BCUT2D eigenvalue weighted by Gasteiger charge is 2.30. The lowest BCUT2D eigenvalue weighted by atomic mass is 9.90. The maximum absolute atomic E-state index is 12.6. The maximum atomic E-state index is 12.6. The van der Waals surface area contributed by atoms with Crippen LogP contribution in [-0.4, -0.2) is 37.0 Å². The molecular formula is C17H15N7O2. The number of rotatable bonds is 4. The summed E-state index contributed by atoms with van der Waals surface area (Å²) >= 11 is 0. The average Bonchev–Trinajstić information content (AvgIpc) is 3.15. The second-order valence-corrected chi connectivity index (χ2v) is 5.81. The van der Waals surface area contributed by atoms with Gasteiger partial charge in [0.15, 0.2) is 0 Å². The highest BCUT2D eigenvalue weighted by molar-refractivity contribution is 6.01. The third kappa shape index (κ3) is 3.14. The molecule has 4 rings (SSSR count).